The van der Waals surface area contributed by atoms with Crippen molar-refractivity contribution in [3.63, 3.8) is 0 Å². The van der Waals surface area contributed by atoms with Gasteiger partial charge in [-0.3, -0.25) is 0 Å². The lowest BCUT2D eigenvalue weighted by Crippen LogP contribution is -2.12. The first kappa shape index (κ1) is 10.2. The number of hydrogen-bond acceptors (Lipinski definition) is 4. The van der Waals surface area contributed by atoms with E-state index in [1.54, 1.807) is 0 Å². The van der Waals surface area contributed by atoms with Crippen molar-refractivity contribution in [2.24, 2.45) is 0 Å². The molecule has 0 saturated heterocycles. The highest BCUT2D eigenvalue weighted by Gasteiger charge is 2.15. The van der Waals surface area contributed by atoms with Crippen molar-refractivity contribution >= 4 is 0 Å². The zero-order valence-corrected chi connectivity index (χ0v) is 8.66. The average molecular weight is 183 g/mol. The number of rotatable bonds is 4. The SMILES string of the molecule is CCC(C)c1noc(C(C)NC)n1. The molecule has 1 heterocycles. The van der Waals surface area contributed by atoms with Crippen LogP contribution < -0.4 is 5.32 Å². The van der Waals surface area contributed by atoms with Gasteiger partial charge in [0.25, 0.3) is 0 Å². The second kappa shape index (κ2) is 4.37. The molecule has 1 aromatic rings. The monoisotopic (exact) mass is 183 g/mol. The van der Waals surface area contributed by atoms with E-state index < -0.39 is 0 Å². The summed E-state index contributed by atoms with van der Waals surface area (Å²) in [5, 5.41) is 6.99. The van der Waals surface area contributed by atoms with Crippen LogP contribution in [0.15, 0.2) is 4.52 Å². The van der Waals surface area contributed by atoms with Gasteiger partial charge in [-0.2, -0.15) is 4.98 Å². The van der Waals surface area contributed by atoms with E-state index in [9.17, 15) is 0 Å². The maximum Gasteiger partial charge on any atom is 0.243 e. The summed E-state index contributed by atoms with van der Waals surface area (Å²) < 4.78 is 5.12. The fourth-order valence-corrected chi connectivity index (χ4v) is 0.929. The van der Waals surface area contributed by atoms with Crippen LogP contribution in [0.1, 0.15) is 50.9 Å². The fourth-order valence-electron chi connectivity index (χ4n) is 0.929. The average Bonchev–Trinajstić information content (AvgIpc) is 2.64. The van der Waals surface area contributed by atoms with E-state index >= 15 is 0 Å². The summed E-state index contributed by atoms with van der Waals surface area (Å²) in [7, 11) is 1.87. The second-order valence-corrected chi connectivity index (χ2v) is 3.31. The van der Waals surface area contributed by atoms with E-state index in [1.807, 2.05) is 14.0 Å². The molecule has 0 aromatic carbocycles. The molecule has 1 aromatic heterocycles. The third-order valence-electron chi connectivity index (χ3n) is 2.31. The molecule has 74 valence electrons. The Kier molecular flexibility index (Phi) is 3.42. The minimum atomic E-state index is 0.130. The molecule has 2 atom stereocenters. The highest BCUT2D eigenvalue weighted by atomic mass is 16.5. The van der Waals surface area contributed by atoms with Crippen molar-refractivity contribution in [2.75, 3.05) is 7.05 Å². The van der Waals surface area contributed by atoms with Crippen LogP contribution in [0.25, 0.3) is 0 Å². The van der Waals surface area contributed by atoms with Gasteiger partial charge in [-0.25, -0.2) is 0 Å². The Labute approximate surface area is 78.7 Å². The van der Waals surface area contributed by atoms with Gasteiger partial charge in [-0.1, -0.05) is 19.0 Å². The van der Waals surface area contributed by atoms with Gasteiger partial charge in [0.1, 0.15) is 0 Å². The molecule has 0 aliphatic heterocycles. The van der Waals surface area contributed by atoms with E-state index in [4.69, 9.17) is 4.52 Å². The van der Waals surface area contributed by atoms with E-state index in [-0.39, 0.29) is 6.04 Å². The summed E-state index contributed by atoms with van der Waals surface area (Å²) in [4.78, 5) is 4.31. The number of nitrogens with one attached hydrogen (secondary N) is 1. The quantitative estimate of drug-likeness (QED) is 0.774. The molecule has 1 N–H and O–H groups in total. The van der Waals surface area contributed by atoms with Crippen LogP contribution in [0.2, 0.25) is 0 Å². The normalized spacial score (nSPS) is 15.7. The highest BCUT2D eigenvalue weighted by Crippen LogP contribution is 2.17. The predicted molar refractivity (Wildman–Crippen MR) is 50.5 cm³/mol. The summed E-state index contributed by atoms with van der Waals surface area (Å²) in [5.74, 6) is 1.85. The Morgan fingerprint density at radius 3 is 2.69 bits per heavy atom. The summed E-state index contributed by atoms with van der Waals surface area (Å²) in [6.45, 7) is 6.20. The van der Waals surface area contributed by atoms with Gasteiger partial charge in [-0.15, -0.1) is 0 Å². The molecular weight excluding hydrogens is 166 g/mol. The number of nitrogens with zero attached hydrogens (tertiary/aromatic N) is 2. The molecule has 0 radical (unpaired) electrons. The largest absolute Gasteiger partial charge is 0.338 e. The number of hydrogen-bond donors (Lipinski definition) is 1. The molecule has 0 bridgehead atoms. The Hall–Kier alpha value is -0.900. The summed E-state index contributed by atoms with van der Waals surface area (Å²) >= 11 is 0. The van der Waals surface area contributed by atoms with Gasteiger partial charge in [0.2, 0.25) is 5.89 Å². The molecule has 0 spiro atoms. The highest BCUT2D eigenvalue weighted by molar-refractivity contribution is 4.95. The van der Waals surface area contributed by atoms with Crippen LogP contribution in [0.3, 0.4) is 0 Å². The molecule has 4 heteroatoms. The fraction of sp³-hybridized carbons (Fsp3) is 0.778. The van der Waals surface area contributed by atoms with Crippen molar-refractivity contribution < 1.29 is 4.52 Å². The van der Waals surface area contributed by atoms with E-state index in [0.29, 0.717) is 11.8 Å². The summed E-state index contributed by atoms with van der Waals surface area (Å²) in [6.07, 6.45) is 1.03. The van der Waals surface area contributed by atoms with Crippen LogP contribution in [0.4, 0.5) is 0 Å². The van der Waals surface area contributed by atoms with Gasteiger partial charge in [0.05, 0.1) is 6.04 Å². The van der Waals surface area contributed by atoms with Crippen molar-refractivity contribution in [1.29, 1.82) is 0 Å². The van der Waals surface area contributed by atoms with E-state index in [0.717, 1.165) is 12.2 Å². The van der Waals surface area contributed by atoms with Crippen LogP contribution >= 0.6 is 0 Å². The van der Waals surface area contributed by atoms with Crippen LogP contribution in [-0.4, -0.2) is 17.2 Å². The summed E-state index contributed by atoms with van der Waals surface area (Å²) in [6, 6.07) is 0.130. The standard InChI is InChI=1S/C9H17N3O/c1-5-6(2)8-11-9(13-12-8)7(3)10-4/h6-7,10H,5H2,1-4H3. The summed E-state index contributed by atoms with van der Waals surface area (Å²) in [5.41, 5.74) is 0. The molecule has 0 aliphatic rings. The molecule has 0 amide bonds. The molecule has 0 aliphatic carbocycles. The lowest BCUT2D eigenvalue weighted by atomic mass is 10.1. The third-order valence-corrected chi connectivity index (χ3v) is 2.31. The molecular formula is C9H17N3O. The van der Waals surface area contributed by atoms with Crippen molar-refractivity contribution in [3.05, 3.63) is 11.7 Å². The zero-order chi connectivity index (χ0) is 9.84. The Balaban J connectivity index is 2.74. The Morgan fingerprint density at radius 2 is 2.15 bits per heavy atom. The molecule has 13 heavy (non-hydrogen) atoms. The van der Waals surface area contributed by atoms with Gasteiger partial charge >= 0.3 is 0 Å². The second-order valence-electron chi connectivity index (χ2n) is 3.31. The van der Waals surface area contributed by atoms with Gasteiger partial charge in [0, 0.05) is 5.92 Å². The zero-order valence-electron chi connectivity index (χ0n) is 8.66. The van der Waals surface area contributed by atoms with Crippen molar-refractivity contribution in [1.82, 2.24) is 15.5 Å². The third kappa shape index (κ3) is 2.28. The first-order valence-corrected chi connectivity index (χ1v) is 4.69. The molecule has 4 nitrogen and oxygen atoms in total. The van der Waals surface area contributed by atoms with Crippen LogP contribution in [-0.2, 0) is 0 Å². The maximum atomic E-state index is 5.12. The van der Waals surface area contributed by atoms with Gasteiger partial charge in [-0.05, 0) is 20.4 Å². The molecule has 0 fully saturated rings. The Morgan fingerprint density at radius 1 is 1.46 bits per heavy atom. The van der Waals surface area contributed by atoms with Crippen molar-refractivity contribution in [3.8, 4) is 0 Å². The topological polar surface area (TPSA) is 51.0 Å². The molecule has 0 saturated carbocycles. The van der Waals surface area contributed by atoms with Crippen LogP contribution in [0.5, 0.6) is 0 Å². The lowest BCUT2D eigenvalue weighted by molar-refractivity contribution is 0.341. The molecule has 1 rings (SSSR count). The molecule has 2 unspecified atom stereocenters. The van der Waals surface area contributed by atoms with E-state index in [2.05, 4.69) is 29.3 Å². The van der Waals surface area contributed by atoms with Gasteiger partial charge in [0.15, 0.2) is 5.82 Å². The first-order valence-electron chi connectivity index (χ1n) is 4.69. The Bertz CT molecular complexity index is 235. The predicted octanol–water partition coefficient (Wildman–Crippen LogP) is 1.86. The van der Waals surface area contributed by atoms with Gasteiger partial charge < -0.3 is 9.84 Å². The minimum absolute atomic E-state index is 0.130. The van der Waals surface area contributed by atoms with Crippen molar-refractivity contribution in [2.45, 2.75) is 39.2 Å². The maximum absolute atomic E-state index is 5.12. The number of aromatic nitrogens is 2. The smallest absolute Gasteiger partial charge is 0.243 e. The lowest BCUT2D eigenvalue weighted by Gasteiger charge is -2.02. The van der Waals surface area contributed by atoms with E-state index in [1.165, 1.54) is 0 Å². The first-order chi connectivity index (χ1) is 6.19. The van der Waals surface area contributed by atoms with Crippen LogP contribution in [0, 0.1) is 0 Å². The minimum Gasteiger partial charge on any atom is -0.338 e.